The van der Waals surface area contributed by atoms with Crippen LogP contribution in [0, 0.1) is 0 Å². The second-order valence-corrected chi connectivity index (χ2v) is 7.68. The minimum Gasteiger partial charge on any atom is -0.298 e. The van der Waals surface area contributed by atoms with Crippen molar-refractivity contribution in [2.75, 3.05) is 19.6 Å². The van der Waals surface area contributed by atoms with Crippen LogP contribution in [0.15, 0.2) is 61.2 Å². The third kappa shape index (κ3) is 4.32. The Hall–Kier alpha value is -1.94. The molecular weight excluding hydrogens is 356 g/mol. The number of nitrogens with zero attached hydrogens (tertiary/aromatic N) is 2. The minimum absolute atomic E-state index is 0.0884. The van der Waals surface area contributed by atoms with Crippen molar-refractivity contribution in [2.24, 2.45) is 0 Å². The molecule has 0 N–H and O–H groups in total. The van der Waals surface area contributed by atoms with E-state index in [2.05, 4.69) is 48.4 Å². The van der Waals surface area contributed by atoms with Gasteiger partial charge in [-0.25, -0.2) is 0 Å². The van der Waals surface area contributed by atoms with Crippen molar-refractivity contribution in [1.82, 2.24) is 9.80 Å². The molecule has 3 nitrogen and oxygen atoms in total. The molecule has 2 aromatic carbocycles. The number of benzene rings is 2. The molecule has 1 heterocycles. The lowest BCUT2D eigenvalue weighted by Gasteiger charge is -2.48. The lowest BCUT2D eigenvalue weighted by Crippen LogP contribution is -2.58. The molecule has 0 aromatic heterocycles. The Labute approximate surface area is 167 Å². The summed E-state index contributed by atoms with van der Waals surface area (Å²) < 4.78 is 0. The average molecular weight is 383 g/mol. The molecule has 1 aliphatic heterocycles. The van der Waals surface area contributed by atoms with Crippen molar-refractivity contribution in [3.63, 3.8) is 0 Å². The van der Waals surface area contributed by atoms with Gasteiger partial charge in [0.25, 0.3) is 0 Å². The Balaban J connectivity index is 2.00. The van der Waals surface area contributed by atoms with Crippen LogP contribution in [0.2, 0.25) is 5.02 Å². The standard InChI is InChI=1S/C23H27ClN2O/c1-4-12-25-13-14-26(18(3)17(25)2)23(20-8-10-22(24)11-9-20)21-7-5-6-19(15-21)16-27/h4-11,15-18,23H,1,12-14H2,2-3H3/t17-,18+,23?/m0/s1. The summed E-state index contributed by atoms with van der Waals surface area (Å²) in [4.78, 5) is 16.3. The fraction of sp³-hybridized carbons (Fsp3) is 0.348. The number of aldehydes is 1. The van der Waals surface area contributed by atoms with Gasteiger partial charge in [0.1, 0.15) is 6.29 Å². The monoisotopic (exact) mass is 382 g/mol. The van der Waals surface area contributed by atoms with Gasteiger partial charge >= 0.3 is 0 Å². The van der Waals surface area contributed by atoms with Gasteiger partial charge in [0.05, 0.1) is 6.04 Å². The van der Waals surface area contributed by atoms with E-state index >= 15 is 0 Å². The Morgan fingerprint density at radius 2 is 1.85 bits per heavy atom. The van der Waals surface area contributed by atoms with E-state index in [4.69, 9.17) is 11.6 Å². The van der Waals surface area contributed by atoms with Gasteiger partial charge in [-0.2, -0.15) is 0 Å². The summed E-state index contributed by atoms with van der Waals surface area (Å²) >= 11 is 6.13. The van der Waals surface area contributed by atoms with Crippen LogP contribution in [0.4, 0.5) is 0 Å². The van der Waals surface area contributed by atoms with E-state index < -0.39 is 0 Å². The summed E-state index contributed by atoms with van der Waals surface area (Å²) in [5, 5.41) is 0.733. The third-order valence-electron chi connectivity index (χ3n) is 5.69. The molecule has 27 heavy (non-hydrogen) atoms. The van der Waals surface area contributed by atoms with Crippen LogP contribution in [0.3, 0.4) is 0 Å². The van der Waals surface area contributed by atoms with Crippen LogP contribution in [-0.4, -0.2) is 47.8 Å². The summed E-state index contributed by atoms with van der Waals surface area (Å²) in [5.41, 5.74) is 3.04. The van der Waals surface area contributed by atoms with Gasteiger partial charge in [-0.05, 0) is 43.2 Å². The summed E-state index contributed by atoms with van der Waals surface area (Å²) in [6.07, 6.45) is 2.89. The smallest absolute Gasteiger partial charge is 0.150 e. The van der Waals surface area contributed by atoms with Crippen LogP contribution in [0.5, 0.6) is 0 Å². The quantitative estimate of drug-likeness (QED) is 0.528. The topological polar surface area (TPSA) is 23.6 Å². The molecule has 1 aliphatic rings. The predicted molar refractivity (Wildman–Crippen MR) is 113 cm³/mol. The number of halogens is 1. The van der Waals surface area contributed by atoms with E-state index in [0.29, 0.717) is 17.6 Å². The summed E-state index contributed by atoms with van der Waals surface area (Å²) in [6.45, 7) is 11.3. The molecule has 1 fully saturated rings. The van der Waals surface area contributed by atoms with Crippen LogP contribution < -0.4 is 0 Å². The number of piperazine rings is 1. The first-order chi connectivity index (χ1) is 13.0. The number of carbonyl (C=O) groups is 1. The molecule has 1 unspecified atom stereocenters. The van der Waals surface area contributed by atoms with Crippen molar-refractivity contribution >= 4 is 17.9 Å². The number of hydrogen-bond donors (Lipinski definition) is 0. The Kier molecular flexibility index (Phi) is 6.48. The SMILES string of the molecule is C=CCN1CCN(C(c2ccc(Cl)cc2)c2cccc(C=O)c2)[C@H](C)[C@@H]1C. The second-order valence-electron chi connectivity index (χ2n) is 7.24. The Morgan fingerprint density at radius 1 is 1.11 bits per heavy atom. The molecule has 0 amide bonds. The minimum atomic E-state index is 0.0884. The largest absolute Gasteiger partial charge is 0.298 e. The molecule has 142 valence electrons. The third-order valence-corrected chi connectivity index (χ3v) is 5.94. The number of hydrogen-bond acceptors (Lipinski definition) is 3. The molecule has 0 radical (unpaired) electrons. The van der Waals surface area contributed by atoms with Crippen LogP contribution >= 0.6 is 11.6 Å². The lowest BCUT2D eigenvalue weighted by atomic mass is 9.92. The summed E-state index contributed by atoms with van der Waals surface area (Å²) in [5.74, 6) is 0. The van der Waals surface area contributed by atoms with E-state index in [-0.39, 0.29) is 6.04 Å². The highest BCUT2D eigenvalue weighted by molar-refractivity contribution is 6.30. The lowest BCUT2D eigenvalue weighted by molar-refractivity contribution is 0.0240. The van der Waals surface area contributed by atoms with Gasteiger partial charge in [0.15, 0.2) is 0 Å². The van der Waals surface area contributed by atoms with Gasteiger partial charge in [0.2, 0.25) is 0 Å². The van der Waals surface area contributed by atoms with Gasteiger partial charge in [-0.3, -0.25) is 14.6 Å². The molecule has 0 spiro atoms. The second kappa shape index (κ2) is 8.83. The molecule has 0 saturated carbocycles. The molecular formula is C23H27ClN2O. The van der Waals surface area contributed by atoms with Crippen LogP contribution in [0.1, 0.15) is 41.4 Å². The van der Waals surface area contributed by atoms with Crippen molar-refractivity contribution < 1.29 is 4.79 Å². The van der Waals surface area contributed by atoms with Gasteiger partial charge in [-0.15, -0.1) is 6.58 Å². The summed E-state index contributed by atoms with van der Waals surface area (Å²) in [7, 11) is 0. The highest BCUT2D eigenvalue weighted by Crippen LogP contribution is 2.34. The van der Waals surface area contributed by atoms with Crippen molar-refractivity contribution in [1.29, 1.82) is 0 Å². The predicted octanol–water partition coefficient (Wildman–Crippen LogP) is 4.82. The maximum Gasteiger partial charge on any atom is 0.150 e. The number of carbonyl (C=O) groups excluding carboxylic acids is 1. The van der Waals surface area contributed by atoms with E-state index in [1.54, 1.807) is 0 Å². The highest BCUT2D eigenvalue weighted by Gasteiger charge is 2.35. The molecule has 1 saturated heterocycles. The molecule has 3 rings (SSSR count). The van der Waals surface area contributed by atoms with Gasteiger partial charge < -0.3 is 0 Å². The Bertz CT molecular complexity index is 789. The van der Waals surface area contributed by atoms with E-state index in [0.717, 1.165) is 36.5 Å². The van der Waals surface area contributed by atoms with Gasteiger partial charge in [0, 0.05) is 42.3 Å². The fourth-order valence-corrected chi connectivity index (χ4v) is 4.17. The maximum absolute atomic E-state index is 11.3. The zero-order valence-electron chi connectivity index (χ0n) is 16.0. The molecule has 2 aromatic rings. The number of rotatable bonds is 6. The maximum atomic E-state index is 11.3. The Morgan fingerprint density at radius 3 is 2.52 bits per heavy atom. The fourth-order valence-electron chi connectivity index (χ4n) is 4.04. The first-order valence-corrected chi connectivity index (χ1v) is 9.84. The average Bonchev–Trinajstić information content (AvgIpc) is 2.69. The molecule has 4 heteroatoms. The molecule has 3 atom stereocenters. The van der Waals surface area contributed by atoms with E-state index in [1.165, 1.54) is 5.56 Å². The van der Waals surface area contributed by atoms with Gasteiger partial charge in [-0.1, -0.05) is 48.0 Å². The van der Waals surface area contributed by atoms with Crippen molar-refractivity contribution in [3.05, 3.63) is 82.9 Å². The zero-order chi connectivity index (χ0) is 19.4. The first-order valence-electron chi connectivity index (χ1n) is 9.46. The zero-order valence-corrected chi connectivity index (χ0v) is 16.8. The highest BCUT2D eigenvalue weighted by atomic mass is 35.5. The van der Waals surface area contributed by atoms with E-state index in [9.17, 15) is 4.79 Å². The molecule has 0 bridgehead atoms. The van der Waals surface area contributed by atoms with E-state index in [1.807, 2.05) is 36.4 Å². The van der Waals surface area contributed by atoms with Crippen LogP contribution in [0.25, 0.3) is 0 Å². The summed E-state index contributed by atoms with van der Waals surface area (Å²) in [6, 6.07) is 16.9. The van der Waals surface area contributed by atoms with Crippen molar-refractivity contribution in [3.8, 4) is 0 Å². The van der Waals surface area contributed by atoms with Crippen molar-refractivity contribution in [2.45, 2.75) is 32.0 Å². The molecule has 0 aliphatic carbocycles. The normalized spacial score (nSPS) is 22.3. The van der Waals surface area contributed by atoms with Crippen LogP contribution in [-0.2, 0) is 0 Å². The first kappa shape index (κ1) is 19.8.